The zero-order chi connectivity index (χ0) is 17.5. The van der Waals surface area contributed by atoms with Crippen LogP contribution in [-0.2, 0) is 0 Å². The zero-order valence-electron chi connectivity index (χ0n) is 14.0. The number of benzene rings is 1. The van der Waals surface area contributed by atoms with Gasteiger partial charge in [-0.25, -0.2) is 4.98 Å². The molecule has 0 spiro atoms. The topological polar surface area (TPSA) is 32.6 Å². The van der Waals surface area contributed by atoms with Crippen molar-refractivity contribution in [2.45, 2.75) is 4.90 Å². The highest BCUT2D eigenvalue weighted by Gasteiger charge is 2.24. The maximum atomic E-state index is 5.90. The smallest absolute Gasteiger partial charge is 0.274 e. The average molecular weight is 394 g/mol. The molecule has 0 atom stereocenters. The van der Waals surface area contributed by atoms with Gasteiger partial charge in [0.15, 0.2) is 5.11 Å². The van der Waals surface area contributed by atoms with E-state index in [1.807, 2.05) is 36.5 Å². The van der Waals surface area contributed by atoms with E-state index in [1.165, 1.54) is 10.7 Å². The monoisotopic (exact) mass is 393 g/mol. The normalized spacial score (nSPS) is 14.4. The maximum absolute atomic E-state index is 5.90. The molecule has 3 rings (SSSR count). The zero-order valence-corrected chi connectivity index (χ0v) is 16.3. The van der Waals surface area contributed by atoms with Gasteiger partial charge in [0.1, 0.15) is 13.1 Å². The Bertz CT molecular complexity index is 673. The lowest BCUT2D eigenvalue weighted by Gasteiger charge is -2.32. The van der Waals surface area contributed by atoms with Crippen LogP contribution in [0.15, 0.2) is 53.6 Å². The van der Waals surface area contributed by atoms with Crippen LogP contribution >= 0.6 is 35.6 Å². The first-order valence-electron chi connectivity index (χ1n) is 8.35. The molecule has 25 heavy (non-hydrogen) atoms. The summed E-state index contributed by atoms with van der Waals surface area (Å²) in [5, 5.41) is 5.00. The lowest BCUT2D eigenvalue weighted by atomic mass is 10.3. The molecule has 0 saturated carbocycles. The fourth-order valence-corrected chi connectivity index (χ4v) is 3.88. The predicted octanol–water partition coefficient (Wildman–Crippen LogP) is 2.94. The molecular formula is C18H22ClN4S2+. The van der Waals surface area contributed by atoms with E-state index in [2.05, 4.69) is 32.2 Å². The molecule has 2 N–H and O–H groups in total. The van der Waals surface area contributed by atoms with Gasteiger partial charge in [-0.1, -0.05) is 17.7 Å². The van der Waals surface area contributed by atoms with Gasteiger partial charge in [0.25, 0.3) is 5.82 Å². The minimum Gasteiger partial charge on any atom is -0.362 e. The first kappa shape index (κ1) is 18.3. The Morgan fingerprint density at radius 1 is 1.12 bits per heavy atom. The van der Waals surface area contributed by atoms with Crippen LogP contribution < -0.4 is 15.2 Å². The quantitative estimate of drug-likeness (QED) is 0.479. The molecule has 1 fully saturated rings. The van der Waals surface area contributed by atoms with Crippen LogP contribution in [0.1, 0.15) is 0 Å². The number of thioether (sulfide) groups is 1. The van der Waals surface area contributed by atoms with Crippen LogP contribution in [0.4, 0.5) is 5.82 Å². The molecule has 0 aliphatic carbocycles. The van der Waals surface area contributed by atoms with E-state index >= 15 is 0 Å². The third-order valence-electron chi connectivity index (χ3n) is 4.06. The van der Waals surface area contributed by atoms with E-state index in [0.29, 0.717) is 0 Å². The summed E-state index contributed by atoms with van der Waals surface area (Å²) in [6.07, 6.45) is 1.96. The molecule has 1 saturated heterocycles. The average Bonchev–Trinajstić information content (AvgIpc) is 2.67. The summed E-state index contributed by atoms with van der Waals surface area (Å²) in [5.74, 6) is 2.14. The molecule has 0 radical (unpaired) electrons. The number of aromatic nitrogens is 1. The van der Waals surface area contributed by atoms with E-state index in [-0.39, 0.29) is 0 Å². The van der Waals surface area contributed by atoms with Crippen molar-refractivity contribution in [3.63, 3.8) is 0 Å². The van der Waals surface area contributed by atoms with Crippen LogP contribution in [0.2, 0.25) is 5.02 Å². The fraction of sp³-hybridized carbons (Fsp3) is 0.333. The largest absolute Gasteiger partial charge is 0.362 e. The second-order valence-corrected chi connectivity index (χ2v) is 7.75. The highest BCUT2D eigenvalue weighted by molar-refractivity contribution is 7.99. The molecule has 1 aliphatic heterocycles. The van der Waals surface area contributed by atoms with Crippen molar-refractivity contribution >= 4 is 46.5 Å². The summed E-state index contributed by atoms with van der Waals surface area (Å²) in [7, 11) is 0. The van der Waals surface area contributed by atoms with Crippen LogP contribution in [0.3, 0.4) is 0 Å². The van der Waals surface area contributed by atoms with Gasteiger partial charge in [-0.3, -0.25) is 4.90 Å². The van der Waals surface area contributed by atoms with Gasteiger partial charge in [-0.05, 0) is 42.5 Å². The molecule has 132 valence electrons. The van der Waals surface area contributed by atoms with E-state index in [4.69, 9.17) is 23.8 Å². The Balaban J connectivity index is 1.36. The Labute approximate surface area is 163 Å². The number of pyridine rings is 1. The van der Waals surface area contributed by atoms with Crippen LogP contribution in [0.5, 0.6) is 0 Å². The fourth-order valence-electron chi connectivity index (χ4n) is 2.70. The molecular weight excluding hydrogens is 372 g/mol. The molecule has 2 heterocycles. The second-order valence-electron chi connectivity index (χ2n) is 5.76. The minimum absolute atomic E-state index is 0.774. The van der Waals surface area contributed by atoms with Gasteiger partial charge in [0, 0.05) is 28.3 Å². The number of hydrogen-bond donors (Lipinski definition) is 1. The number of hydrogen-bond acceptors (Lipinski definition) is 3. The third-order valence-corrected chi connectivity index (χ3v) is 5.73. The lowest BCUT2D eigenvalue weighted by Crippen LogP contribution is -2.52. The highest BCUT2D eigenvalue weighted by Crippen LogP contribution is 2.19. The number of halogens is 1. The summed E-state index contributed by atoms with van der Waals surface area (Å²) >= 11 is 13.2. The second kappa shape index (κ2) is 9.27. The van der Waals surface area contributed by atoms with Crippen LogP contribution in [-0.4, -0.2) is 48.5 Å². The number of nitrogens with one attached hydrogen (secondary N) is 2. The number of aromatic amines is 1. The molecule has 1 aliphatic rings. The van der Waals surface area contributed by atoms with Crippen molar-refractivity contribution in [1.82, 2.24) is 10.2 Å². The number of piperazine rings is 1. The Hall–Kier alpha value is -1.50. The number of thiocarbonyl (C=S) groups is 1. The molecule has 4 nitrogen and oxygen atoms in total. The number of nitrogens with zero attached hydrogens (tertiary/aromatic N) is 2. The first-order chi connectivity index (χ1) is 12.2. The van der Waals surface area contributed by atoms with Crippen molar-refractivity contribution in [2.75, 3.05) is 43.4 Å². The minimum atomic E-state index is 0.774. The Kier molecular flexibility index (Phi) is 6.78. The molecule has 7 heteroatoms. The molecule has 0 bridgehead atoms. The number of rotatable bonds is 5. The van der Waals surface area contributed by atoms with Gasteiger partial charge in [-0.15, -0.1) is 11.8 Å². The molecule has 0 amide bonds. The van der Waals surface area contributed by atoms with Gasteiger partial charge in [0.2, 0.25) is 0 Å². The molecule has 0 unspecified atom stereocenters. The highest BCUT2D eigenvalue weighted by atomic mass is 35.5. The van der Waals surface area contributed by atoms with Crippen molar-refractivity contribution in [2.24, 2.45) is 0 Å². The number of anilines is 1. The number of H-pyrrole nitrogens is 1. The molecule has 1 aromatic carbocycles. The van der Waals surface area contributed by atoms with Crippen molar-refractivity contribution in [3.05, 3.63) is 53.7 Å². The molecule has 1 aromatic heterocycles. The Morgan fingerprint density at radius 2 is 1.88 bits per heavy atom. The van der Waals surface area contributed by atoms with Crippen molar-refractivity contribution in [3.8, 4) is 0 Å². The lowest BCUT2D eigenvalue weighted by molar-refractivity contribution is -0.364. The summed E-state index contributed by atoms with van der Waals surface area (Å²) in [6, 6.07) is 14.1. The van der Waals surface area contributed by atoms with Gasteiger partial charge >= 0.3 is 0 Å². The standard InChI is InChI=1S/C18H21ClN4S2/c19-15-4-6-16(7-5-15)25-14-9-21-18(24)23-12-10-22(11-13-23)17-3-1-2-8-20-17/h1-8H,9-14H2,(H,21,24)/p+1. The van der Waals surface area contributed by atoms with E-state index in [9.17, 15) is 0 Å². The van der Waals surface area contributed by atoms with Gasteiger partial charge in [-0.2, -0.15) is 0 Å². The van der Waals surface area contributed by atoms with Crippen LogP contribution in [0, 0.1) is 0 Å². The SMILES string of the molecule is S=C(NCCSc1ccc(Cl)cc1)N1CCN(c2cccc[nH+]2)CC1. The summed E-state index contributed by atoms with van der Waals surface area (Å²) in [6.45, 7) is 4.69. The van der Waals surface area contributed by atoms with E-state index in [0.717, 1.165) is 48.6 Å². The Morgan fingerprint density at radius 3 is 2.56 bits per heavy atom. The maximum Gasteiger partial charge on any atom is 0.274 e. The van der Waals surface area contributed by atoms with E-state index in [1.54, 1.807) is 11.8 Å². The summed E-state index contributed by atoms with van der Waals surface area (Å²) in [5.41, 5.74) is 0. The van der Waals surface area contributed by atoms with E-state index < -0.39 is 0 Å². The summed E-state index contributed by atoms with van der Waals surface area (Å²) in [4.78, 5) is 9.13. The van der Waals surface area contributed by atoms with Crippen molar-refractivity contribution < 1.29 is 4.98 Å². The van der Waals surface area contributed by atoms with Crippen LogP contribution in [0.25, 0.3) is 0 Å². The first-order valence-corrected chi connectivity index (χ1v) is 10.1. The van der Waals surface area contributed by atoms with Gasteiger partial charge < -0.3 is 10.2 Å². The summed E-state index contributed by atoms with van der Waals surface area (Å²) < 4.78 is 0. The predicted molar refractivity (Wildman–Crippen MR) is 110 cm³/mol. The third kappa shape index (κ3) is 5.49. The molecule has 2 aromatic rings. The van der Waals surface area contributed by atoms with Gasteiger partial charge in [0.05, 0.1) is 19.3 Å². The van der Waals surface area contributed by atoms with Crippen molar-refractivity contribution in [1.29, 1.82) is 0 Å².